The Kier molecular flexibility index (Phi) is 4.77. The standard InChI is InChI=1S/C20H18N2O2/c1-24-19-12-10-17(11-13-19)22-20(23)15-6-5-9-18(14-15)21-16-7-3-2-4-8-16/h2-14,21H,1H3,(H,22,23). The number of hydrogen-bond acceptors (Lipinski definition) is 3. The summed E-state index contributed by atoms with van der Waals surface area (Å²) in [5, 5.41) is 6.16. The predicted molar refractivity (Wildman–Crippen MR) is 97.1 cm³/mol. The number of para-hydroxylation sites is 1. The van der Waals surface area contributed by atoms with Gasteiger partial charge in [0, 0.05) is 22.6 Å². The van der Waals surface area contributed by atoms with Gasteiger partial charge in [0.1, 0.15) is 5.75 Å². The molecule has 0 unspecified atom stereocenters. The number of nitrogens with one attached hydrogen (secondary N) is 2. The van der Waals surface area contributed by atoms with E-state index < -0.39 is 0 Å². The average Bonchev–Trinajstić information content (AvgIpc) is 2.63. The van der Waals surface area contributed by atoms with E-state index in [4.69, 9.17) is 4.74 Å². The van der Waals surface area contributed by atoms with Crippen molar-refractivity contribution in [1.82, 2.24) is 0 Å². The molecule has 0 fully saturated rings. The highest BCUT2D eigenvalue weighted by atomic mass is 16.5. The molecule has 0 aliphatic heterocycles. The van der Waals surface area contributed by atoms with Crippen molar-refractivity contribution >= 4 is 23.0 Å². The van der Waals surface area contributed by atoms with Crippen LogP contribution in [-0.4, -0.2) is 13.0 Å². The molecule has 120 valence electrons. The van der Waals surface area contributed by atoms with Gasteiger partial charge in [-0.3, -0.25) is 4.79 Å². The summed E-state index contributed by atoms with van der Waals surface area (Å²) in [6.07, 6.45) is 0. The van der Waals surface area contributed by atoms with E-state index in [1.807, 2.05) is 72.8 Å². The molecule has 2 N–H and O–H groups in total. The van der Waals surface area contributed by atoms with Crippen LogP contribution in [0, 0.1) is 0 Å². The summed E-state index contributed by atoms with van der Waals surface area (Å²) in [6, 6.07) is 24.5. The quantitative estimate of drug-likeness (QED) is 0.717. The topological polar surface area (TPSA) is 50.4 Å². The van der Waals surface area contributed by atoms with Crippen LogP contribution in [0.1, 0.15) is 10.4 Å². The van der Waals surface area contributed by atoms with Crippen LogP contribution >= 0.6 is 0 Å². The maximum atomic E-state index is 12.4. The Morgan fingerprint density at radius 3 is 2.21 bits per heavy atom. The molecule has 0 atom stereocenters. The van der Waals surface area contributed by atoms with E-state index in [9.17, 15) is 4.79 Å². The van der Waals surface area contributed by atoms with Crippen molar-refractivity contribution in [3.05, 3.63) is 84.4 Å². The molecule has 4 heteroatoms. The Morgan fingerprint density at radius 2 is 1.50 bits per heavy atom. The number of carbonyl (C=O) groups is 1. The number of hydrogen-bond donors (Lipinski definition) is 2. The lowest BCUT2D eigenvalue weighted by Gasteiger charge is -2.09. The largest absolute Gasteiger partial charge is 0.497 e. The Balaban J connectivity index is 1.71. The molecular formula is C20H18N2O2. The number of amides is 1. The van der Waals surface area contributed by atoms with Crippen molar-refractivity contribution in [1.29, 1.82) is 0 Å². The molecule has 24 heavy (non-hydrogen) atoms. The zero-order valence-electron chi connectivity index (χ0n) is 13.3. The molecule has 0 aliphatic carbocycles. The molecule has 0 spiro atoms. The number of benzene rings is 3. The Labute approximate surface area is 141 Å². The number of carbonyl (C=O) groups excluding carboxylic acids is 1. The molecule has 0 saturated carbocycles. The van der Waals surface area contributed by atoms with Crippen LogP contribution in [0.2, 0.25) is 0 Å². The zero-order valence-corrected chi connectivity index (χ0v) is 13.3. The molecule has 4 nitrogen and oxygen atoms in total. The first-order valence-electron chi connectivity index (χ1n) is 7.62. The lowest BCUT2D eigenvalue weighted by atomic mass is 10.1. The summed E-state index contributed by atoms with van der Waals surface area (Å²) in [7, 11) is 1.61. The maximum absolute atomic E-state index is 12.4. The van der Waals surface area contributed by atoms with Gasteiger partial charge in [-0.1, -0.05) is 24.3 Å². The summed E-state index contributed by atoms with van der Waals surface area (Å²) in [6.45, 7) is 0. The van der Waals surface area contributed by atoms with Crippen molar-refractivity contribution in [3.8, 4) is 5.75 Å². The van der Waals surface area contributed by atoms with E-state index in [0.717, 1.165) is 22.8 Å². The minimum absolute atomic E-state index is 0.156. The smallest absolute Gasteiger partial charge is 0.255 e. The first kappa shape index (κ1) is 15.6. The molecule has 3 rings (SSSR count). The summed E-state index contributed by atoms with van der Waals surface area (Å²) in [5.41, 5.74) is 3.16. The second-order valence-corrected chi connectivity index (χ2v) is 5.25. The van der Waals surface area contributed by atoms with Gasteiger partial charge in [-0.25, -0.2) is 0 Å². The van der Waals surface area contributed by atoms with Crippen LogP contribution in [0.4, 0.5) is 17.1 Å². The Morgan fingerprint density at radius 1 is 0.792 bits per heavy atom. The van der Waals surface area contributed by atoms with E-state index in [-0.39, 0.29) is 5.91 Å². The second kappa shape index (κ2) is 7.33. The van der Waals surface area contributed by atoms with Crippen LogP contribution in [0.15, 0.2) is 78.9 Å². The minimum Gasteiger partial charge on any atom is -0.497 e. The predicted octanol–water partition coefficient (Wildman–Crippen LogP) is 4.69. The highest BCUT2D eigenvalue weighted by Crippen LogP contribution is 2.19. The van der Waals surface area contributed by atoms with Crippen molar-refractivity contribution in [3.63, 3.8) is 0 Å². The van der Waals surface area contributed by atoms with Crippen molar-refractivity contribution in [2.24, 2.45) is 0 Å². The lowest BCUT2D eigenvalue weighted by Crippen LogP contribution is -2.12. The molecular weight excluding hydrogens is 300 g/mol. The summed E-state index contributed by atoms with van der Waals surface area (Å²) in [4.78, 5) is 12.4. The molecule has 0 aromatic heterocycles. The molecule has 0 heterocycles. The highest BCUT2D eigenvalue weighted by Gasteiger charge is 2.07. The summed E-state index contributed by atoms with van der Waals surface area (Å²) >= 11 is 0. The molecule has 0 aliphatic rings. The number of methoxy groups -OCH3 is 1. The van der Waals surface area contributed by atoms with Crippen molar-refractivity contribution in [2.45, 2.75) is 0 Å². The minimum atomic E-state index is -0.156. The first-order valence-corrected chi connectivity index (χ1v) is 7.62. The second-order valence-electron chi connectivity index (χ2n) is 5.25. The van der Waals surface area contributed by atoms with E-state index in [0.29, 0.717) is 5.56 Å². The van der Waals surface area contributed by atoms with E-state index in [2.05, 4.69) is 10.6 Å². The monoisotopic (exact) mass is 318 g/mol. The van der Waals surface area contributed by atoms with Gasteiger partial charge >= 0.3 is 0 Å². The van der Waals surface area contributed by atoms with Crippen LogP contribution in [0.5, 0.6) is 5.75 Å². The van der Waals surface area contributed by atoms with Crippen LogP contribution < -0.4 is 15.4 Å². The third-order valence-electron chi connectivity index (χ3n) is 3.54. The van der Waals surface area contributed by atoms with Gasteiger partial charge in [-0.2, -0.15) is 0 Å². The molecule has 0 radical (unpaired) electrons. The van der Waals surface area contributed by atoms with E-state index >= 15 is 0 Å². The van der Waals surface area contributed by atoms with Crippen molar-refractivity contribution < 1.29 is 9.53 Å². The average molecular weight is 318 g/mol. The van der Waals surface area contributed by atoms with Crippen LogP contribution in [-0.2, 0) is 0 Å². The number of anilines is 3. The molecule has 0 bridgehead atoms. The Bertz CT molecular complexity index is 815. The van der Waals surface area contributed by atoms with Gasteiger partial charge < -0.3 is 15.4 Å². The van der Waals surface area contributed by atoms with Crippen molar-refractivity contribution in [2.75, 3.05) is 17.7 Å². The molecule has 0 saturated heterocycles. The first-order chi connectivity index (χ1) is 11.7. The number of rotatable bonds is 5. The number of ether oxygens (including phenoxy) is 1. The SMILES string of the molecule is COc1ccc(NC(=O)c2cccc(Nc3ccccc3)c2)cc1. The van der Waals surface area contributed by atoms with E-state index in [1.54, 1.807) is 13.2 Å². The van der Waals surface area contributed by atoms with Gasteiger partial charge in [0.25, 0.3) is 5.91 Å². The fourth-order valence-electron chi connectivity index (χ4n) is 2.30. The summed E-state index contributed by atoms with van der Waals surface area (Å²) < 4.78 is 5.11. The van der Waals surface area contributed by atoms with Crippen LogP contribution in [0.25, 0.3) is 0 Å². The van der Waals surface area contributed by atoms with Gasteiger partial charge in [-0.15, -0.1) is 0 Å². The van der Waals surface area contributed by atoms with E-state index in [1.165, 1.54) is 0 Å². The lowest BCUT2D eigenvalue weighted by molar-refractivity contribution is 0.102. The van der Waals surface area contributed by atoms with Crippen LogP contribution in [0.3, 0.4) is 0 Å². The normalized spacial score (nSPS) is 10.0. The summed E-state index contributed by atoms with van der Waals surface area (Å²) in [5.74, 6) is 0.596. The fraction of sp³-hybridized carbons (Fsp3) is 0.0500. The zero-order chi connectivity index (χ0) is 16.8. The molecule has 3 aromatic carbocycles. The van der Waals surface area contributed by atoms with Gasteiger partial charge in [0.2, 0.25) is 0 Å². The maximum Gasteiger partial charge on any atom is 0.255 e. The van der Waals surface area contributed by atoms with Gasteiger partial charge in [-0.05, 0) is 54.6 Å². The van der Waals surface area contributed by atoms with Gasteiger partial charge in [0.15, 0.2) is 0 Å². The molecule has 1 amide bonds. The third kappa shape index (κ3) is 3.93. The highest BCUT2D eigenvalue weighted by molar-refractivity contribution is 6.04. The third-order valence-corrected chi connectivity index (χ3v) is 3.54. The fourth-order valence-corrected chi connectivity index (χ4v) is 2.30. The Hall–Kier alpha value is -3.27. The molecule has 3 aromatic rings. The van der Waals surface area contributed by atoms with Gasteiger partial charge in [0.05, 0.1) is 7.11 Å².